The molecule has 4 rings (SSSR count). The molecule has 11 heteroatoms. The Morgan fingerprint density at radius 3 is 2.16 bits per heavy atom. The number of nitrogens with zero attached hydrogens (tertiary/aromatic N) is 2. The Kier molecular flexibility index (Phi) is 7.96. The van der Waals surface area contributed by atoms with Gasteiger partial charge in [0.05, 0.1) is 11.1 Å². The zero-order valence-corrected chi connectivity index (χ0v) is 20.6. The molecule has 2 aromatic carbocycles. The molecule has 0 amide bonds. The predicted octanol–water partition coefficient (Wildman–Crippen LogP) is 4.76. The van der Waals surface area contributed by atoms with E-state index < -0.39 is 53.9 Å². The van der Waals surface area contributed by atoms with Gasteiger partial charge >= 0.3 is 23.8 Å². The monoisotopic (exact) mass is 530 g/mol. The van der Waals surface area contributed by atoms with Crippen molar-refractivity contribution < 1.29 is 37.0 Å². The molecule has 3 atom stereocenters. The third-order valence-corrected chi connectivity index (χ3v) is 6.02. The molecule has 1 aliphatic heterocycles. The van der Waals surface area contributed by atoms with E-state index in [2.05, 4.69) is 4.98 Å². The first kappa shape index (κ1) is 27.1. The summed E-state index contributed by atoms with van der Waals surface area (Å²) in [5.41, 5.74) is -2.04. The van der Waals surface area contributed by atoms with E-state index in [1.165, 1.54) is 0 Å². The fraction of sp³-hybridized carbons (Fsp3) is 0.333. The number of hydrogen-bond donors (Lipinski definition) is 0. The number of rotatable bonds is 7. The van der Waals surface area contributed by atoms with Crippen molar-refractivity contribution in [2.24, 2.45) is 0 Å². The van der Waals surface area contributed by atoms with E-state index in [9.17, 15) is 27.6 Å². The van der Waals surface area contributed by atoms with E-state index in [0.717, 1.165) is 10.8 Å². The highest BCUT2D eigenvalue weighted by molar-refractivity contribution is 5.90. The summed E-state index contributed by atoms with van der Waals surface area (Å²) in [6.07, 6.45) is -6.87. The molecule has 0 radical (unpaired) electrons. The minimum Gasteiger partial charge on any atom is -0.459 e. The number of halogens is 3. The van der Waals surface area contributed by atoms with Crippen molar-refractivity contribution in [1.29, 1.82) is 0 Å². The van der Waals surface area contributed by atoms with Gasteiger partial charge in [0.1, 0.15) is 25.0 Å². The molecule has 1 aliphatic rings. The van der Waals surface area contributed by atoms with Crippen LogP contribution in [0.3, 0.4) is 0 Å². The zero-order chi connectivity index (χ0) is 27.4. The fourth-order valence-corrected chi connectivity index (χ4v) is 4.08. The largest absolute Gasteiger partial charge is 0.459 e. The summed E-state index contributed by atoms with van der Waals surface area (Å²) in [7, 11) is 0. The van der Waals surface area contributed by atoms with Crippen molar-refractivity contribution in [2.75, 3.05) is 6.61 Å². The SMILES string of the molecule is CC(C)c1cn([C@@H]2C[C@H](OC(=O)c3ccccc3)[C@@H](COC(=O)c3ccccc3)O2)c(=O)nc1C(F)(F)F. The average molecular weight is 530 g/mol. The second-order valence-corrected chi connectivity index (χ2v) is 9.03. The lowest BCUT2D eigenvalue weighted by Gasteiger charge is -2.20. The van der Waals surface area contributed by atoms with Crippen molar-refractivity contribution >= 4 is 11.9 Å². The Balaban J connectivity index is 1.60. The Bertz CT molecular complexity index is 1340. The Morgan fingerprint density at radius 2 is 1.61 bits per heavy atom. The van der Waals surface area contributed by atoms with Crippen LogP contribution in [0.2, 0.25) is 0 Å². The number of ether oxygens (including phenoxy) is 3. The van der Waals surface area contributed by atoms with Crippen molar-refractivity contribution in [1.82, 2.24) is 9.55 Å². The molecule has 1 fully saturated rings. The van der Waals surface area contributed by atoms with Crippen LogP contribution in [0.4, 0.5) is 13.2 Å². The first-order chi connectivity index (χ1) is 18.0. The summed E-state index contributed by atoms with van der Waals surface area (Å²) in [5, 5.41) is 0. The molecule has 0 unspecified atom stereocenters. The standard InChI is InChI=1S/C27H25F3N2O6/c1-16(2)19-14-32(26(35)31-23(19)27(28,29)30)22-13-20(38-25(34)18-11-7-4-8-12-18)21(37-22)15-36-24(33)17-9-5-3-6-10-17/h3-12,14,16,20-22H,13,15H2,1-2H3/t20-,21+,22-/m0/s1. The second-order valence-electron chi connectivity index (χ2n) is 9.03. The van der Waals surface area contributed by atoms with E-state index in [4.69, 9.17) is 14.2 Å². The summed E-state index contributed by atoms with van der Waals surface area (Å²) in [4.78, 5) is 41.1. The molecule has 3 aromatic rings. The highest BCUT2D eigenvalue weighted by Gasteiger charge is 2.42. The molecule has 0 saturated carbocycles. The van der Waals surface area contributed by atoms with Crippen molar-refractivity contribution in [3.63, 3.8) is 0 Å². The number of aromatic nitrogens is 2. The number of benzene rings is 2. The lowest BCUT2D eigenvalue weighted by Crippen LogP contribution is -2.32. The van der Waals surface area contributed by atoms with Crippen LogP contribution in [0.1, 0.15) is 64.4 Å². The van der Waals surface area contributed by atoms with E-state index in [0.29, 0.717) is 5.56 Å². The second kappa shape index (κ2) is 11.2. The highest BCUT2D eigenvalue weighted by atomic mass is 19.4. The number of esters is 2. The van der Waals surface area contributed by atoms with Crippen molar-refractivity contribution in [3.05, 3.63) is 99.7 Å². The minimum absolute atomic E-state index is 0.0728. The Labute approximate surface area is 216 Å². The van der Waals surface area contributed by atoms with Gasteiger partial charge in [0.25, 0.3) is 0 Å². The van der Waals surface area contributed by atoms with Crippen LogP contribution in [0.5, 0.6) is 0 Å². The third kappa shape index (κ3) is 6.10. The summed E-state index contributed by atoms with van der Waals surface area (Å²) < 4.78 is 58.3. The molecule has 2 heterocycles. The quantitative estimate of drug-likeness (QED) is 0.407. The molecule has 200 valence electrons. The Hall–Kier alpha value is -3.99. The maximum absolute atomic E-state index is 13.5. The molecule has 38 heavy (non-hydrogen) atoms. The van der Waals surface area contributed by atoms with Crippen LogP contribution in [-0.2, 0) is 20.4 Å². The summed E-state index contributed by atoms with van der Waals surface area (Å²) >= 11 is 0. The van der Waals surface area contributed by atoms with Crippen LogP contribution in [0.15, 0.2) is 71.7 Å². The first-order valence-electron chi connectivity index (χ1n) is 11.9. The summed E-state index contributed by atoms with van der Waals surface area (Å²) in [5.74, 6) is -1.90. The molecule has 8 nitrogen and oxygen atoms in total. The fourth-order valence-electron chi connectivity index (χ4n) is 4.08. The number of carbonyl (C=O) groups excluding carboxylic acids is 2. The third-order valence-electron chi connectivity index (χ3n) is 6.02. The van der Waals surface area contributed by atoms with Gasteiger partial charge in [0.15, 0.2) is 5.69 Å². The molecule has 1 aromatic heterocycles. The lowest BCUT2D eigenvalue weighted by molar-refractivity contribution is -0.142. The number of carbonyl (C=O) groups is 2. The molecular formula is C27H25F3N2O6. The number of alkyl halides is 3. The molecule has 0 N–H and O–H groups in total. The van der Waals surface area contributed by atoms with Gasteiger partial charge in [-0.3, -0.25) is 4.57 Å². The Morgan fingerprint density at radius 1 is 1.03 bits per heavy atom. The molecule has 0 aliphatic carbocycles. The van der Waals surface area contributed by atoms with Gasteiger partial charge in [-0.15, -0.1) is 0 Å². The zero-order valence-electron chi connectivity index (χ0n) is 20.6. The minimum atomic E-state index is -4.81. The average Bonchev–Trinajstić information content (AvgIpc) is 3.29. The first-order valence-corrected chi connectivity index (χ1v) is 11.9. The summed E-state index contributed by atoms with van der Waals surface area (Å²) in [6, 6.07) is 16.4. The smallest absolute Gasteiger partial charge is 0.433 e. The van der Waals surface area contributed by atoms with E-state index >= 15 is 0 Å². The van der Waals surface area contributed by atoms with Gasteiger partial charge in [-0.1, -0.05) is 50.2 Å². The van der Waals surface area contributed by atoms with Crippen molar-refractivity contribution in [2.45, 2.75) is 50.8 Å². The van der Waals surface area contributed by atoms with Crippen LogP contribution >= 0.6 is 0 Å². The van der Waals surface area contributed by atoms with Gasteiger partial charge in [-0.2, -0.15) is 18.2 Å². The molecule has 1 saturated heterocycles. The van der Waals surface area contributed by atoms with Crippen molar-refractivity contribution in [3.8, 4) is 0 Å². The van der Waals surface area contributed by atoms with Gasteiger partial charge in [0.2, 0.25) is 0 Å². The normalized spacial score (nSPS) is 19.4. The van der Waals surface area contributed by atoms with E-state index in [-0.39, 0.29) is 24.2 Å². The lowest BCUT2D eigenvalue weighted by atomic mass is 10.0. The molecule has 0 bridgehead atoms. The predicted molar refractivity (Wildman–Crippen MR) is 128 cm³/mol. The molecule has 0 spiro atoms. The maximum Gasteiger partial charge on any atom is 0.433 e. The molecular weight excluding hydrogens is 505 g/mol. The maximum atomic E-state index is 13.5. The van der Waals surface area contributed by atoms with E-state index in [1.807, 2.05) is 0 Å². The van der Waals surface area contributed by atoms with Crippen LogP contribution in [0, 0.1) is 0 Å². The van der Waals surface area contributed by atoms with Gasteiger partial charge in [-0.25, -0.2) is 14.4 Å². The van der Waals surface area contributed by atoms with E-state index in [1.54, 1.807) is 74.5 Å². The van der Waals surface area contributed by atoms with Gasteiger partial charge < -0.3 is 14.2 Å². The number of hydrogen-bond acceptors (Lipinski definition) is 7. The van der Waals surface area contributed by atoms with Crippen LogP contribution in [-0.4, -0.2) is 40.3 Å². The van der Waals surface area contributed by atoms with Crippen LogP contribution < -0.4 is 5.69 Å². The van der Waals surface area contributed by atoms with Gasteiger partial charge in [-0.05, 0) is 30.2 Å². The van der Waals surface area contributed by atoms with Crippen LogP contribution in [0.25, 0.3) is 0 Å². The van der Waals surface area contributed by atoms with Gasteiger partial charge in [0, 0.05) is 18.2 Å². The summed E-state index contributed by atoms with van der Waals surface area (Å²) in [6.45, 7) is 2.77. The topological polar surface area (TPSA) is 96.7 Å². The highest BCUT2D eigenvalue weighted by Crippen LogP contribution is 2.35.